The van der Waals surface area contributed by atoms with Crippen LogP contribution in [0.25, 0.3) is 0 Å². The van der Waals surface area contributed by atoms with E-state index in [0.29, 0.717) is 12.2 Å². The minimum Gasteiger partial charge on any atom is -0.466 e. The SMILES string of the molecule is CCCCOC(=O)CC1c2ccccc2C(=O)N1c1ccc(C)cc1. The van der Waals surface area contributed by atoms with E-state index in [1.54, 1.807) is 4.90 Å². The van der Waals surface area contributed by atoms with E-state index in [-0.39, 0.29) is 24.3 Å². The molecule has 0 spiro atoms. The summed E-state index contributed by atoms with van der Waals surface area (Å²) in [5.41, 5.74) is 3.48. The normalized spacial score (nSPS) is 16.0. The molecule has 2 aromatic carbocycles. The van der Waals surface area contributed by atoms with Crippen LogP contribution in [0, 0.1) is 6.92 Å². The average Bonchev–Trinajstić information content (AvgIpc) is 2.89. The van der Waals surface area contributed by atoms with Crippen molar-refractivity contribution in [3.05, 3.63) is 65.2 Å². The summed E-state index contributed by atoms with van der Waals surface area (Å²) in [6, 6.07) is 15.0. The lowest BCUT2D eigenvalue weighted by Gasteiger charge is -2.25. The van der Waals surface area contributed by atoms with Gasteiger partial charge in [-0.15, -0.1) is 0 Å². The highest BCUT2D eigenvalue weighted by Crippen LogP contribution is 2.39. The molecule has 0 N–H and O–H groups in total. The molecule has 4 nitrogen and oxygen atoms in total. The van der Waals surface area contributed by atoms with Gasteiger partial charge in [-0.2, -0.15) is 0 Å². The highest BCUT2D eigenvalue weighted by molar-refractivity contribution is 6.11. The summed E-state index contributed by atoms with van der Waals surface area (Å²) in [4.78, 5) is 26.9. The van der Waals surface area contributed by atoms with Crippen LogP contribution < -0.4 is 4.90 Å². The molecule has 0 aliphatic carbocycles. The summed E-state index contributed by atoms with van der Waals surface area (Å²) in [5, 5.41) is 0. The van der Waals surface area contributed by atoms with Crippen molar-refractivity contribution in [2.24, 2.45) is 0 Å². The van der Waals surface area contributed by atoms with E-state index < -0.39 is 0 Å². The van der Waals surface area contributed by atoms with Gasteiger partial charge in [-0.3, -0.25) is 9.59 Å². The van der Waals surface area contributed by atoms with Crippen LogP contribution in [0.2, 0.25) is 0 Å². The fourth-order valence-corrected chi connectivity index (χ4v) is 3.14. The van der Waals surface area contributed by atoms with Gasteiger partial charge in [-0.1, -0.05) is 49.2 Å². The van der Waals surface area contributed by atoms with Crippen molar-refractivity contribution < 1.29 is 14.3 Å². The lowest BCUT2D eigenvalue weighted by Crippen LogP contribution is -2.29. The van der Waals surface area contributed by atoms with Crippen LogP contribution in [0.5, 0.6) is 0 Å². The molecule has 0 aromatic heterocycles. The fourth-order valence-electron chi connectivity index (χ4n) is 3.14. The van der Waals surface area contributed by atoms with E-state index >= 15 is 0 Å². The molecule has 0 bridgehead atoms. The third-order valence-electron chi connectivity index (χ3n) is 4.51. The predicted molar refractivity (Wildman–Crippen MR) is 97.7 cm³/mol. The van der Waals surface area contributed by atoms with Crippen LogP contribution >= 0.6 is 0 Å². The van der Waals surface area contributed by atoms with E-state index in [1.165, 1.54) is 0 Å². The molecule has 1 unspecified atom stereocenters. The first-order valence-electron chi connectivity index (χ1n) is 8.76. The maximum Gasteiger partial charge on any atom is 0.308 e. The first-order chi connectivity index (χ1) is 12.1. The highest BCUT2D eigenvalue weighted by Gasteiger charge is 2.38. The number of amides is 1. The lowest BCUT2D eigenvalue weighted by atomic mass is 10.0. The number of ether oxygens (including phenoxy) is 1. The second-order valence-electron chi connectivity index (χ2n) is 6.39. The minimum atomic E-state index is -0.319. The second kappa shape index (κ2) is 7.51. The van der Waals surface area contributed by atoms with E-state index in [4.69, 9.17) is 4.74 Å². The zero-order chi connectivity index (χ0) is 17.8. The Labute approximate surface area is 148 Å². The van der Waals surface area contributed by atoms with E-state index in [0.717, 1.165) is 29.7 Å². The molecule has 0 fully saturated rings. The number of aryl methyl sites for hydroxylation is 1. The summed E-state index contributed by atoms with van der Waals surface area (Å²) in [7, 11) is 0. The number of carbonyl (C=O) groups excluding carboxylic acids is 2. The molecule has 1 aliphatic rings. The van der Waals surface area contributed by atoms with Gasteiger partial charge in [0.25, 0.3) is 5.91 Å². The Hall–Kier alpha value is -2.62. The maximum atomic E-state index is 12.9. The molecular weight excluding hydrogens is 314 g/mol. The van der Waals surface area contributed by atoms with Gasteiger partial charge in [0.2, 0.25) is 0 Å². The number of anilines is 1. The number of unbranched alkanes of at least 4 members (excludes halogenated alkanes) is 1. The molecule has 1 atom stereocenters. The van der Waals surface area contributed by atoms with Crippen molar-refractivity contribution in [1.82, 2.24) is 0 Å². The molecular formula is C21H23NO3. The summed E-state index contributed by atoms with van der Waals surface area (Å²) in [5.74, 6) is -0.328. The summed E-state index contributed by atoms with van der Waals surface area (Å²) >= 11 is 0. The van der Waals surface area contributed by atoms with Crippen LogP contribution in [-0.4, -0.2) is 18.5 Å². The van der Waals surface area contributed by atoms with Crippen molar-refractivity contribution >= 4 is 17.6 Å². The van der Waals surface area contributed by atoms with Crippen LogP contribution in [0.4, 0.5) is 5.69 Å². The van der Waals surface area contributed by atoms with Crippen molar-refractivity contribution in [1.29, 1.82) is 0 Å². The van der Waals surface area contributed by atoms with Gasteiger partial charge >= 0.3 is 5.97 Å². The van der Waals surface area contributed by atoms with Gasteiger partial charge in [0, 0.05) is 11.3 Å². The number of esters is 1. The van der Waals surface area contributed by atoms with E-state index in [2.05, 4.69) is 6.92 Å². The Morgan fingerprint density at radius 3 is 2.56 bits per heavy atom. The highest BCUT2D eigenvalue weighted by atomic mass is 16.5. The number of hydrogen-bond acceptors (Lipinski definition) is 3. The van der Waals surface area contributed by atoms with Crippen LogP contribution in [0.3, 0.4) is 0 Å². The predicted octanol–water partition coefficient (Wildman–Crippen LogP) is 4.43. The number of fused-ring (bicyclic) bond motifs is 1. The van der Waals surface area contributed by atoms with Gasteiger partial charge in [-0.05, 0) is 37.1 Å². The Balaban J connectivity index is 1.88. The molecule has 4 heteroatoms. The van der Waals surface area contributed by atoms with E-state index in [9.17, 15) is 9.59 Å². The smallest absolute Gasteiger partial charge is 0.308 e. The number of carbonyl (C=O) groups is 2. The molecule has 2 aromatic rings. The minimum absolute atomic E-state index is 0.0641. The number of benzene rings is 2. The van der Waals surface area contributed by atoms with Crippen LogP contribution in [0.1, 0.15) is 53.7 Å². The third kappa shape index (κ3) is 3.58. The lowest BCUT2D eigenvalue weighted by molar-refractivity contribution is -0.144. The molecule has 1 heterocycles. The zero-order valence-electron chi connectivity index (χ0n) is 14.7. The second-order valence-corrected chi connectivity index (χ2v) is 6.39. The molecule has 1 aliphatic heterocycles. The standard InChI is InChI=1S/C21H23NO3/c1-3-4-13-25-20(23)14-19-17-7-5-6-8-18(17)21(24)22(19)16-11-9-15(2)10-12-16/h5-12,19H,3-4,13-14H2,1-2H3. The Morgan fingerprint density at radius 2 is 1.84 bits per heavy atom. The summed E-state index contributed by atoms with van der Waals surface area (Å²) in [6.07, 6.45) is 2.00. The Bertz CT molecular complexity index is 767. The maximum absolute atomic E-state index is 12.9. The molecule has 0 saturated carbocycles. The average molecular weight is 337 g/mol. The van der Waals surface area contributed by atoms with Crippen LogP contribution in [0.15, 0.2) is 48.5 Å². The summed E-state index contributed by atoms with van der Waals surface area (Å²) < 4.78 is 5.32. The molecule has 25 heavy (non-hydrogen) atoms. The molecule has 1 amide bonds. The molecule has 3 rings (SSSR count). The van der Waals surface area contributed by atoms with Gasteiger partial charge in [0.05, 0.1) is 19.1 Å². The van der Waals surface area contributed by atoms with E-state index in [1.807, 2.05) is 55.5 Å². The first-order valence-corrected chi connectivity index (χ1v) is 8.76. The largest absolute Gasteiger partial charge is 0.466 e. The topological polar surface area (TPSA) is 46.6 Å². The van der Waals surface area contributed by atoms with Gasteiger partial charge in [0.1, 0.15) is 0 Å². The fraction of sp³-hybridized carbons (Fsp3) is 0.333. The number of hydrogen-bond donors (Lipinski definition) is 0. The Morgan fingerprint density at radius 1 is 1.12 bits per heavy atom. The molecule has 0 radical (unpaired) electrons. The number of nitrogens with zero attached hydrogens (tertiary/aromatic N) is 1. The Kier molecular flexibility index (Phi) is 5.17. The quantitative estimate of drug-likeness (QED) is 0.579. The first kappa shape index (κ1) is 17.2. The van der Waals surface area contributed by atoms with Gasteiger partial charge in [0.15, 0.2) is 0 Å². The van der Waals surface area contributed by atoms with Crippen molar-refractivity contribution in [3.8, 4) is 0 Å². The summed E-state index contributed by atoms with van der Waals surface area (Å²) in [6.45, 7) is 4.49. The number of rotatable bonds is 6. The van der Waals surface area contributed by atoms with Gasteiger partial charge < -0.3 is 9.64 Å². The van der Waals surface area contributed by atoms with Crippen LogP contribution in [-0.2, 0) is 9.53 Å². The zero-order valence-corrected chi connectivity index (χ0v) is 14.7. The third-order valence-corrected chi connectivity index (χ3v) is 4.51. The monoisotopic (exact) mass is 337 g/mol. The van der Waals surface area contributed by atoms with Crippen molar-refractivity contribution in [3.63, 3.8) is 0 Å². The van der Waals surface area contributed by atoms with Crippen molar-refractivity contribution in [2.75, 3.05) is 11.5 Å². The van der Waals surface area contributed by atoms with Crippen molar-refractivity contribution in [2.45, 2.75) is 39.2 Å². The van der Waals surface area contributed by atoms with Gasteiger partial charge in [-0.25, -0.2) is 0 Å². The molecule has 130 valence electrons. The molecule has 0 saturated heterocycles.